The molecule has 0 fully saturated rings. The maximum absolute atomic E-state index is 12.5. The molecule has 0 saturated carbocycles. The third-order valence-corrected chi connectivity index (χ3v) is 2.27. The highest BCUT2D eigenvalue weighted by atomic mass is 19.4. The number of hydrogen-bond acceptors (Lipinski definition) is 4. The molecule has 22 heavy (non-hydrogen) atoms. The van der Waals surface area contributed by atoms with Crippen LogP contribution in [0.15, 0.2) is 46.0 Å². The topological polar surface area (TPSA) is 62.0 Å². The number of nitrogens with zero attached hydrogens (tertiary/aromatic N) is 2. The van der Waals surface area contributed by atoms with Crippen LogP contribution in [0.1, 0.15) is 12.5 Å². The Hall–Kier alpha value is -2.39. The van der Waals surface area contributed by atoms with Crippen molar-refractivity contribution in [1.29, 1.82) is 0 Å². The van der Waals surface area contributed by atoms with Crippen molar-refractivity contribution < 1.29 is 36.2 Å². The van der Waals surface area contributed by atoms with Crippen molar-refractivity contribution in [3.63, 3.8) is 0 Å². The Balaban J connectivity index is 3.22. The van der Waals surface area contributed by atoms with Gasteiger partial charge in [0.25, 0.3) is 0 Å². The number of halogens is 6. The number of hydrogen-bond donors (Lipinski definition) is 1. The Morgan fingerprint density at radius 3 is 2.18 bits per heavy atom. The van der Waals surface area contributed by atoms with Gasteiger partial charge in [-0.2, -0.15) is 31.5 Å². The molecular formula is C12H8F6N2O2. The number of rotatable bonds is 3. The van der Waals surface area contributed by atoms with E-state index in [2.05, 4.69) is 10.2 Å². The van der Waals surface area contributed by atoms with Crippen LogP contribution in [0.5, 0.6) is 0 Å². The van der Waals surface area contributed by atoms with E-state index in [1.54, 1.807) is 0 Å². The fraction of sp³-hybridized carbons (Fsp3) is 0.250. The van der Waals surface area contributed by atoms with Gasteiger partial charge in [0.05, 0.1) is 11.3 Å². The van der Waals surface area contributed by atoms with Crippen LogP contribution in [0, 0.1) is 0 Å². The second kappa shape index (κ2) is 6.16. The number of azo groups is 1. The first-order chi connectivity index (χ1) is 9.93. The summed E-state index contributed by atoms with van der Waals surface area (Å²) in [5.41, 5.74) is -2.91. The highest BCUT2D eigenvalue weighted by Crippen LogP contribution is 2.32. The van der Waals surface area contributed by atoms with Crippen molar-refractivity contribution in [2.45, 2.75) is 19.3 Å². The molecular weight excluding hydrogens is 318 g/mol. The first-order valence-electron chi connectivity index (χ1n) is 5.53. The lowest BCUT2D eigenvalue weighted by molar-refractivity contribution is -0.137. The van der Waals surface area contributed by atoms with Gasteiger partial charge in [-0.15, -0.1) is 5.11 Å². The summed E-state index contributed by atoms with van der Waals surface area (Å²) < 4.78 is 74.3. The first-order valence-corrected chi connectivity index (χ1v) is 5.53. The fourth-order valence-electron chi connectivity index (χ4n) is 1.27. The molecule has 0 spiro atoms. The molecule has 0 aliphatic carbocycles. The smallest absolute Gasteiger partial charge is 0.451 e. The van der Waals surface area contributed by atoms with E-state index in [1.165, 1.54) is 0 Å². The Bertz CT molecular complexity index is 631. The largest absolute Gasteiger partial charge is 0.503 e. The van der Waals surface area contributed by atoms with Gasteiger partial charge < -0.3 is 5.11 Å². The molecule has 0 amide bonds. The van der Waals surface area contributed by atoms with Gasteiger partial charge in [-0.1, -0.05) is 6.07 Å². The van der Waals surface area contributed by atoms with Crippen LogP contribution in [0.25, 0.3) is 0 Å². The van der Waals surface area contributed by atoms with Gasteiger partial charge in [0, 0.05) is 6.92 Å². The minimum Gasteiger partial charge on any atom is -0.503 e. The van der Waals surface area contributed by atoms with E-state index in [1.807, 2.05) is 0 Å². The number of allylic oxidation sites excluding steroid dienone is 2. The van der Waals surface area contributed by atoms with Crippen LogP contribution in [0.2, 0.25) is 0 Å². The maximum atomic E-state index is 12.5. The van der Waals surface area contributed by atoms with Crippen LogP contribution in [0.4, 0.5) is 32.0 Å². The Kier molecular flexibility index (Phi) is 4.94. The Morgan fingerprint density at radius 1 is 1.14 bits per heavy atom. The molecule has 0 bridgehead atoms. The van der Waals surface area contributed by atoms with Gasteiger partial charge >= 0.3 is 12.4 Å². The van der Waals surface area contributed by atoms with E-state index in [9.17, 15) is 31.1 Å². The van der Waals surface area contributed by atoms with Crippen molar-refractivity contribution >= 4 is 11.5 Å². The first kappa shape index (κ1) is 17.7. The quantitative estimate of drug-likeness (QED) is 0.378. The van der Waals surface area contributed by atoms with Crippen molar-refractivity contribution in [2.75, 3.05) is 0 Å². The summed E-state index contributed by atoms with van der Waals surface area (Å²) in [4.78, 5) is 11.0. The third kappa shape index (κ3) is 4.57. The summed E-state index contributed by atoms with van der Waals surface area (Å²) in [5, 5.41) is 14.9. The summed E-state index contributed by atoms with van der Waals surface area (Å²) in [6, 6.07) is 3.28. The lowest BCUT2D eigenvalue weighted by Crippen LogP contribution is -2.16. The average molecular weight is 326 g/mol. The molecule has 0 saturated heterocycles. The molecule has 0 aliphatic rings. The molecule has 1 N–H and O–H groups in total. The van der Waals surface area contributed by atoms with E-state index in [0.29, 0.717) is 13.0 Å². The van der Waals surface area contributed by atoms with E-state index in [0.717, 1.165) is 18.2 Å². The zero-order valence-corrected chi connectivity index (χ0v) is 10.8. The van der Waals surface area contributed by atoms with Gasteiger partial charge in [0.2, 0.25) is 5.76 Å². The lowest BCUT2D eigenvalue weighted by Gasteiger charge is -2.07. The molecule has 1 rings (SSSR count). The van der Waals surface area contributed by atoms with E-state index in [4.69, 9.17) is 5.11 Å². The number of aliphatic hydroxyl groups is 1. The summed E-state index contributed by atoms with van der Waals surface area (Å²) in [6.45, 7) is 0.697. The zero-order valence-electron chi connectivity index (χ0n) is 10.8. The minimum absolute atomic E-state index is 0.427. The number of alkyl halides is 6. The molecule has 10 heteroatoms. The van der Waals surface area contributed by atoms with Gasteiger partial charge in [-0.25, -0.2) is 0 Å². The predicted octanol–water partition coefficient (Wildman–Crippen LogP) is 4.71. The highest BCUT2D eigenvalue weighted by Gasteiger charge is 2.38. The van der Waals surface area contributed by atoms with Crippen LogP contribution >= 0.6 is 0 Å². The maximum Gasteiger partial charge on any atom is 0.451 e. The monoisotopic (exact) mass is 326 g/mol. The number of carbonyl (C=O) groups is 1. The summed E-state index contributed by atoms with van der Waals surface area (Å²) in [6.07, 6.45) is -9.90. The summed E-state index contributed by atoms with van der Waals surface area (Å²) in [5.74, 6) is -3.51. The van der Waals surface area contributed by atoms with Gasteiger partial charge in [-0.3, -0.25) is 4.79 Å². The van der Waals surface area contributed by atoms with Gasteiger partial charge in [0.1, 0.15) is 0 Å². The molecule has 4 nitrogen and oxygen atoms in total. The normalized spacial score (nSPS) is 14.1. The van der Waals surface area contributed by atoms with E-state index < -0.39 is 40.8 Å². The van der Waals surface area contributed by atoms with Gasteiger partial charge in [0.15, 0.2) is 11.5 Å². The van der Waals surface area contributed by atoms with Crippen molar-refractivity contribution in [1.82, 2.24) is 0 Å². The molecule has 0 unspecified atom stereocenters. The second-order valence-corrected chi connectivity index (χ2v) is 4.00. The molecule has 1 aromatic carbocycles. The molecule has 0 aromatic heterocycles. The highest BCUT2D eigenvalue weighted by molar-refractivity contribution is 5.93. The number of benzene rings is 1. The Morgan fingerprint density at radius 2 is 1.73 bits per heavy atom. The number of aliphatic hydroxyl groups excluding tert-OH is 1. The molecule has 0 atom stereocenters. The SMILES string of the molecule is CC(=O)/C(N=Nc1cccc(C(F)(F)F)c1)=C(\O)C(F)(F)F. The number of ketones is 1. The molecule has 1 aromatic rings. The summed E-state index contributed by atoms with van der Waals surface area (Å²) >= 11 is 0. The van der Waals surface area contributed by atoms with E-state index >= 15 is 0 Å². The van der Waals surface area contributed by atoms with Crippen molar-refractivity contribution in [2.24, 2.45) is 10.2 Å². The number of carbonyl (C=O) groups excluding carboxylic acids is 1. The fourth-order valence-corrected chi connectivity index (χ4v) is 1.27. The lowest BCUT2D eigenvalue weighted by atomic mass is 10.2. The molecule has 0 aliphatic heterocycles. The zero-order chi connectivity index (χ0) is 17.1. The second-order valence-electron chi connectivity index (χ2n) is 4.00. The molecule has 120 valence electrons. The van der Waals surface area contributed by atoms with Crippen LogP contribution in [-0.4, -0.2) is 17.1 Å². The summed E-state index contributed by atoms with van der Waals surface area (Å²) in [7, 11) is 0. The van der Waals surface area contributed by atoms with E-state index in [-0.39, 0.29) is 0 Å². The minimum atomic E-state index is -5.23. The number of Topliss-reactive ketones (excluding diaryl/α,β-unsaturated/α-hetero) is 1. The third-order valence-electron chi connectivity index (χ3n) is 2.27. The van der Waals surface area contributed by atoms with Crippen molar-refractivity contribution in [3.8, 4) is 0 Å². The molecule has 0 radical (unpaired) electrons. The van der Waals surface area contributed by atoms with Crippen LogP contribution < -0.4 is 0 Å². The van der Waals surface area contributed by atoms with Crippen LogP contribution in [0.3, 0.4) is 0 Å². The standard InChI is InChI=1S/C12H8F6N2O2/c1-6(21)9(10(22)12(16,17)18)20-19-8-4-2-3-7(5-8)11(13,14)15/h2-5,22H,1H3/b10-9+,20-19?. The Labute approximate surface area is 119 Å². The van der Waals surface area contributed by atoms with Gasteiger partial charge in [-0.05, 0) is 18.2 Å². The predicted molar refractivity (Wildman–Crippen MR) is 62.4 cm³/mol. The molecule has 0 heterocycles. The average Bonchev–Trinajstić information content (AvgIpc) is 2.36. The van der Waals surface area contributed by atoms with Crippen LogP contribution in [-0.2, 0) is 11.0 Å². The van der Waals surface area contributed by atoms with Crippen molar-refractivity contribution in [3.05, 3.63) is 41.3 Å².